The van der Waals surface area contributed by atoms with Gasteiger partial charge in [0.25, 0.3) is 0 Å². The van der Waals surface area contributed by atoms with Crippen molar-refractivity contribution in [2.24, 2.45) is 0 Å². The molecule has 0 aliphatic heterocycles. The number of halogens is 1. The molecule has 1 unspecified atom stereocenters. The summed E-state index contributed by atoms with van der Waals surface area (Å²) < 4.78 is 6.92. The Balaban J connectivity index is 1.72. The summed E-state index contributed by atoms with van der Waals surface area (Å²) in [6.07, 6.45) is 0. The van der Waals surface area contributed by atoms with E-state index in [9.17, 15) is 0 Å². The maximum Gasteiger partial charge on any atom is 0.119 e. The number of nitrogens with one attached hydrogen (secondary N) is 1. The Bertz CT molecular complexity index is 509. The molecule has 0 fully saturated rings. The van der Waals surface area contributed by atoms with Crippen LogP contribution < -0.4 is 10.1 Å². The predicted molar refractivity (Wildman–Crippen MR) is 85.0 cm³/mol. The molecule has 1 aromatic heterocycles. The quantitative estimate of drug-likeness (QED) is 0.843. The Hall–Kier alpha value is -0.840. The summed E-state index contributed by atoms with van der Waals surface area (Å²) in [6, 6.07) is 12.7. The number of benzene rings is 1. The minimum atomic E-state index is 0.321. The Labute approximate surface area is 126 Å². The molecule has 0 spiro atoms. The van der Waals surface area contributed by atoms with E-state index in [-0.39, 0.29) is 0 Å². The van der Waals surface area contributed by atoms with E-state index in [2.05, 4.69) is 59.4 Å². The minimum Gasteiger partial charge on any atom is -0.492 e. The maximum absolute atomic E-state index is 5.75. The highest BCUT2D eigenvalue weighted by Crippen LogP contribution is 2.21. The lowest BCUT2D eigenvalue weighted by Gasteiger charge is -2.14. The van der Waals surface area contributed by atoms with Gasteiger partial charge in [0, 0.05) is 17.5 Å². The molecule has 0 amide bonds. The van der Waals surface area contributed by atoms with Gasteiger partial charge in [-0.3, -0.25) is 0 Å². The first-order valence-electron chi connectivity index (χ1n) is 6.30. The summed E-state index contributed by atoms with van der Waals surface area (Å²) in [7, 11) is 0. The zero-order chi connectivity index (χ0) is 13.7. The van der Waals surface area contributed by atoms with Gasteiger partial charge in [0.15, 0.2) is 0 Å². The van der Waals surface area contributed by atoms with Crippen LogP contribution in [0.3, 0.4) is 0 Å². The summed E-state index contributed by atoms with van der Waals surface area (Å²) in [5.74, 6) is 0.929. The van der Waals surface area contributed by atoms with Crippen molar-refractivity contribution in [2.75, 3.05) is 6.61 Å². The Morgan fingerprint density at radius 1 is 1.21 bits per heavy atom. The molecule has 0 aliphatic carbocycles. The highest BCUT2D eigenvalue weighted by Gasteiger charge is 2.04. The van der Waals surface area contributed by atoms with Crippen molar-refractivity contribution in [3.63, 3.8) is 0 Å². The summed E-state index contributed by atoms with van der Waals surface area (Å²) >= 11 is 5.23. The van der Waals surface area contributed by atoms with Gasteiger partial charge in [-0.1, -0.05) is 17.7 Å². The highest BCUT2D eigenvalue weighted by molar-refractivity contribution is 9.11. The van der Waals surface area contributed by atoms with E-state index in [1.807, 2.05) is 12.1 Å². The van der Waals surface area contributed by atoms with Gasteiger partial charge in [0.1, 0.15) is 12.4 Å². The fraction of sp³-hybridized carbons (Fsp3) is 0.333. The van der Waals surface area contributed by atoms with Crippen molar-refractivity contribution in [1.29, 1.82) is 0 Å². The van der Waals surface area contributed by atoms with Gasteiger partial charge in [-0.25, -0.2) is 0 Å². The molecule has 1 heterocycles. The van der Waals surface area contributed by atoms with Crippen LogP contribution in [0, 0.1) is 6.92 Å². The Morgan fingerprint density at radius 2 is 1.95 bits per heavy atom. The summed E-state index contributed by atoms with van der Waals surface area (Å²) in [5.41, 5.74) is 1.25. The molecule has 4 heteroatoms. The zero-order valence-corrected chi connectivity index (χ0v) is 13.6. The molecule has 2 aromatic rings. The second-order valence-corrected chi connectivity index (χ2v) is 7.16. The number of hydrogen-bond donors (Lipinski definition) is 1. The van der Waals surface area contributed by atoms with Crippen LogP contribution in [0.2, 0.25) is 0 Å². The zero-order valence-electron chi connectivity index (χ0n) is 11.2. The van der Waals surface area contributed by atoms with Crippen molar-refractivity contribution in [2.45, 2.75) is 26.4 Å². The van der Waals surface area contributed by atoms with E-state index in [0.29, 0.717) is 12.6 Å². The molecule has 0 saturated carbocycles. The lowest BCUT2D eigenvalue weighted by Crippen LogP contribution is -2.31. The second kappa shape index (κ2) is 7.08. The van der Waals surface area contributed by atoms with Gasteiger partial charge < -0.3 is 10.1 Å². The first-order chi connectivity index (χ1) is 9.13. The van der Waals surface area contributed by atoms with Crippen LogP contribution in [0.1, 0.15) is 17.4 Å². The molecule has 2 rings (SSSR count). The van der Waals surface area contributed by atoms with Crippen molar-refractivity contribution in [1.82, 2.24) is 5.32 Å². The average molecular weight is 340 g/mol. The number of thiophene rings is 1. The van der Waals surface area contributed by atoms with Gasteiger partial charge in [-0.15, -0.1) is 11.3 Å². The SMILES string of the molecule is Cc1ccc(OCC(C)NCc2ccc(Br)s2)cc1. The fourth-order valence-corrected chi connectivity index (χ4v) is 3.07. The van der Waals surface area contributed by atoms with E-state index >= 15 is 0 Å². The van der Waals surface area contributed by atoms with Gasteiger partial charge in [-0.2, -0.15) is 0 Å². The molecular formula is C15H18BrNOS. The second-order valence-electron chi connectivity index (χ2n) is 4.61. The van der Waals surface area contributed by atoms with Crippen LogP contribution in [0.15, 0.2) is 40.2 Å². The fourth-order valence-electron chi connectivity index (χ4n) is 1.64. The topological polar surface area (TPSA) is 21.3 Å². The molecular weight excluding hydrogens is 322 g/mol. The van der Waals surface area contributed by atoms with Crippen molar-refractivity contribution in [3.05, 3.63) is 50.6 Å². The van der Waals surface area contributed by atoms with E-state index in [1.54, 1.807) is 11.3 Å². The normalized spacial score (nSPS) is 12.4. The Morgan fingerprint density at radius 3 is 2.58 bits per heavy atom. The molecule has 2 nitrogen and oxygen atoms in total. The first-order valence-corrected chi connectivity index (χ1v) is 7.91. The monoisotopic (exact) mass is 339 g/mol. The van der Waals surface area contributed by atoms with Crippen LogP contribution in [-0.4, -0.2) is 12.6 Å². The molecule has 0 radical (unpaired) electrons. The largest absolute Gasteiger partial charge is 0.492 e. The smallest absolute Gasteiger partial charge is 0.119 e. The van der Waals surface area contributed by atoms with Gasteiger partial charge in [0.2, 0.25) is 0 Å². The van der Waals surface area contributed by atoms with E-state index in [0.717, 1.165) is 12.3 Å². The lowest BCUT2D eigenvalue weighted by molar-refractivity contribution is 0.273. The van der Waals surface area contributed by atoms with Crippen molar-refractivity contribution in [3.8, 4) is 5.75 Å². The number of rotatable bonds is 6. The molecule has 102 valence electrons. The summed E-state index contributed by atoms with van der Waals surface area (Å²) in [6.45, 7) is 5.77. The van der Waals surface area contributed by atoms with Crippen LogP contribution in [-0.2, 0) is 6.54 Å². The molecule has 0 saturated heterocycles. The van der Waals surface area contributed by atoms with E-state index in [1.165, 1.54) is 14.2 Å². The third-order valence-corrected chi connectivity index (χ3v) is 4.40. The molecule has 0 bridgehead atoms. The average Bonchev–Trinajstić information content (AvgIpc) is 2.81. The van der Waals surface area contributed by atoms with Crippen LogP contribution in [0.25, 0.3) is 0 Å². The third kappa shape index (κ3) is 4.97. The lowest BCUT2D eigenvalue weighted by atomic mass is 10.2. The summed E-state index contributed by atoms with van der Waals surface area (Å²) in [5, 5.41) is 3.46. The minimum absolute atomic E-state index is 0.321. The summed E-state index contributed by atoms with van der Waals surface area (Å²) in [4.78, 5) is 1.33. The highest BCUT2D eigenvalue weighted by atomic mass is 79.9. The first kappa shape index (κ1) is 14.6. The molecule has 1 atom stereocenters. The number of ether oxygens (including phenoxy) is 1. The van der Waals surface area contributed by atoms with Gasteiger partial charge >= 0.3 is 0 Å². The van der Waals surface area contributed by atoms with Crippen LogP contribution >= 0.6 is 27.3 Å². The predicted octanol–water partition coefficient (Wildman–Crippen LogP) is 4.38. The molecule has 1 aromatic carbocycles. The standard InChI is InChI=1S/C15H18BrNOS/c1-11-3-5-13(6-4-11)18-10-12(2)17-9-14-7-8-15(16)19-14/h3-8,12,17H,9-10H2,1-2H3. The van der Waals surface area contributed by atoms with Crippen LogP contribution in [0.4, 0.5) is 0 Å². The molecule has 0 aliphatic rings. The Kier molecular flexibility index (Phi) is 5.43. The van der Waals surface area contributed by atoms with E-state index < -0.39 is 0 Å². The molecule has 1 N–H and O–H groups in total. The third-order valence-electron chi connectivity index (χ3n) is 2.77. The maximum atomic E-state index is 5.75. The number of hydrogen-bond acceptors (Lipinski definition) is 3. The van der Waals surface area contributed by atoms with Crippen molar-refractivity contribution < 1.29 is 4.74 Å². The van der Waals surface area contributed by atoms with Gasteiger partial charge in [0.05, 0.1) is 3.79 Å². The van der Waals surface area contributed by atoms with Gasteiger partial charge in [-0.05, 0) is 54.0 Å². The van der Waals surface area contributed by atoms with Crippen molar-refractivity contribution >= 4 is 27.3 Å². The van der Waals surface area contributed by atoms with E-state index in [4.69, 9.17) is 4.74 Å². The molecule has 19 heavy (non-hydrogen) atoms. The van der Waals surface area contributed by atoms with Crippen LogP contribution in [0.5, 0.6) is 5.75 Å². The number of aryl methyl sites for hydroxylation is 1.